The second-order valence-electron chi connectivity index (χ2n) is 22.8. The summed E-state index contributed by atoms with van der Waals surface area (Å²) in [5.74, 6) is -7.33. The maximum absolute atomic E-state index is 15.0. The first-order valence-electron chi connectivity index (χ1n) is 27.5. The predicted molar refractivity (Wildman–Crippen MR) is 305 cm³/mol. The number of cyclic esters (lactones) is 4. The number of benzene rings is 2. The van der Waals surface area contributed by atoms with Crippen LogP contribution in [0.3, 0.4) is 0 Å². The van der Waals surface area contributed by atoms with Crippen LogP contribution in [0.15, 0.2) is 71.7 Å². The molecule has 3 heterocycles. The molecule has 0 bridgehead atoms. The van der Waals surface area contributed by atoms with Crippen LogP contribution in [0.2, 0.25) is 0 Å². The number of hydrogen-bond acceptors (Lipinski definition) is 16. The summed E-state index contributed by atoms with van der Waals surface area (Å²) in [6.07, 6.45) is -1.01. The summed E-state index contributed by atoms with van der Waals surface area (Å²) in [6.45, 7) is 17.6. The highest BCUT2D eigenvalue weighted by atomic mass is 32.1. The Bertz CT molecular complexity index is 2500. The van der Waals surface area contributed by atoms with Crippen molar-refractivity contribution in [1.29, 1.82) is 0 Å². The lowest BCUT2D eigenvalue weighted by molar-refractivity contribution is -0.176. The molecule has 1 aliphatic rings. The molecule has 4 aromatic rings. The van der Waals surface area contributed by atoms with Gasteiger partial charge in [-0.2, -0.15) is 0 Å². The van der Waals surface area contributed by atoms with Crippen molar-refractivity contribution in [3.8, 4) is 0 Å². The minimum atomic E-state index is -1.52. The maximum atomic E-state index is 15.0. The van der Waals surface area contributed by atoms with Gasteiger partial charge in [-0.15, -0.1) is 0 Å². The number of hydrogen-bond donors (Lipinski definition) is 0. The predicted octanol–water partition coefficient (Wildman–Crippen LogP) is 7.76. The summed E-state index contributed by atoms with van der Waals surface area (Å²) >= 11 is 2.70. The Morgan fingerprint density at radius 2 is 0.662 bits per heavy atom. The van der Waals surface area contributed by atoms with Crippen molar-refractivity contribution in [2.45, 2.75) is 169 Å². The van der Waals surface area contributed by atoms with Gasteiger partial charge in [0.15, 0.2) is 24.4 Å². The highest BCUT2D eigenvalue weighted by Crippen LogP contribution is 2.25. The lowest BCUT2D eigenvalue weighted by Crippen LogP contribution is -2.55. The van der Waals surface area contributed by atoms with Gasteiger partial charge in [-0.25, -0.2) is 27.9 Å². The smallest absolute Gasteiger partial charge is 0.329 e. The summed E-state index contributed by atoms with van der Waals surface area (Å²) in [7, 11) is 5.59. The molecule has 0 radical (unpaired) electrons. The molecule has 0 unspecified atom stereocenters. The Morgan fingerprint density at radius 3 is 0.925 bits per heavy atom. The fraction of sp³-hybridized carbons (Fsp3) is 0.567. The van der Waals surface area contributed by atoms with Crippen molar-refractivity contribution in [2.24, 2.45) is 23.7 Å². The molecule has 20 heteroatoms. The molecular weight excluding hydrogens is 1060 g/mol. The Labute approximate surface area is 480 Å². The number of nitrogens with zero attached hydrogens (tertiary/aromatic N) is 6. The third kappa shape index (κ3) is 18.2. The monoisotopic (exact) mass is 1140 g/mol. The fourth-order valence-electron chi connectivity index (χ4n) is 9.59. The summed E-state index contributed by atoms with van der Waals surface area (Å²) in [4.78, 5) is 122. The Morgan fingerprint density at radius 1 is 0.400 bits per heavy atom. The second-order valence-corrected chi connectivity index (χ2v) is 24.2. The van der Waals surface area contributed by atoms with Crippen LogP contribution in [0.4, 0.5) is 0 Å². The van der Waals surface area contributed by atoms with E-state index in [2.05, 4.69) is 8.75 Å². The van der Waals surface area contributed by atoms with Gasteiger partial charge >= 0.3 is 23.9 Å². The maximum Gasteiger partial charge on any atom is 0.329 e. The van der Waals surface area contributed by atoms with E-state index in [4.69, 9.17) is 18.9 Å². The van der Waals surface area contributed by atoms with E-state index in [0.29, 0.717) is 24.0 Å². The highest BCUT2D eigenvalue weighted by molar-refractivity contribution is 7.03. The minimum absolute atomic E-state index is 0.0907. The third-order valence-corrected chi connectivity index (χ3v) is 15.4. The second kappa shape index (κ2) is 29.8. The molecule has 5 rings (SSSR count). The molecule has 436 valence electrons. The van der Waals surface area contributed by atoms with E-state index in [1.165, 1.54) is 74.9 Å². The van der Waals surface area contributed by atoms with Crippen LogP contribution in [0.5, 0.6) is 0 Å². The Hall–Kier alpha value is -6.54. The molecule has 1 saturated heterocycles. The zero-order valence-corrected chi connectivity index (χ0v) is 50.5. The molecule has 0 saturated carbocycles. The van der Waals surface area contributed by atoms with Gasteiger partial charge < -0.3 is 38.5 Å². The average molecular weight is 1140 g/mol. The zero-order chi connectivity index (χ0) is 59.1. The molecule has 2 aromatic heterocycles. The summed E-state index contributed by atoms with van der Waals surface area (Å²) in [5, 5.41) is 3.91. The molecule has 4 amide bonds. The van der Waals surface area contributed by atoms with E-state index >= 15 is 0 Å². The topological polar surface area (TPSA) is 212 Å². The third-order valence-electron chi connectivity index (χ3n) is 14.1. The van der Waals surface area contributed by atoms with Crippen LogP contribution in [0, 0.1) is 23.7 Å². The minimum Gasteiger partial charge on any atom is -0.451 e. The first-order chi connectivity index (χ1) is 37.7. The zero-order valence-electron chi connectivity index (χ0n) is 48.9. The van der Waals surface area contributed by atoms with E-state index in [1.54, 1.807) is 12.4 Å². The number of carbonyl (C=O) groups excluding carboxylic acids is 8. The average Bonchev–Trinajstić information content (AvgIpc) is 4.14. The molecular formula is C60H82N6O12S2. The van der Waals surface area contributed by atoms with E-state index in [0.717, 1.165) is 32.1 Å². The molecule has 8 atom stereocenters. The Kier molecular flexibility index (Phi) is 23.9. The van der Waals surface area contributed by atoms with Crippen LogP contribution in [-0.2, 0) is 83.0 Å². The van der Waals surface area contributed by atoms with Gasteiger partial charge in [0, 0.05) is 64.2 Å². The standard InChI is InChI=1S/C60H82N6O12S2/c1-35(2)23-47-57(71)75-39(9)53(67)63(11)50(26-38(7)8)60(74)78-52(30-44-21-17-42(18-22-44)28-46-32-62-80-34-46)56(70)66(14)48(24-36(3)4)58(72)76-40(10)54(68)64(12)49(25-37(5)6)59(73)77-51(55(69)65(47)13)29-43-19-15-41(16-20-43)27-45-31-61-79-33-45/h15-22,31-40,47-52H,23-30H2,1-14H3/t39-,40-,47+,48+,49+,50+,51-,52-/m1/s1. The highest BCUT2D eigenvalue weighted by Gasteiger charge is 2.43. The number of rotatable bonds is 16. The number of ether oxygens (including phenoxy) is 4. The van der Waals surface area contributed by atoms with E-state index in [-0.39, 0.29) is 62.2 Å². The molecule has 2 aromatic carbocycles. The van der Waals surface area contributed by atoms with Crippen molar-refractivity contribution >= 4 is 70.6 Å². The van der Waals surface area contributed by atoms with Crippen molar-refractivity contribution < 1.29 is 57.3 Å². The summed E-state index contributed by atoms with van der Waals surface area (Å²) < 4.78 is 32.6. The Balaban J connectivity index is 1.59. The molecule has 18 nitrogen and oxygen atoms in total. The van der Waals surface area contributed by atoms with E-state index in [1.807, 2.05) is 115 Å². The number of likely N-dealkylation sites (N-methyl/N-ethyl adjacent to an activating group) is 4. The van der Waals surface area contributed by atoms with Crippen LogP contribution >= 0.6 is 23.1 Å². The van der Waals surface area contributed by atoms with Gasteiger partial charge in [0.25, 0.3) is 23.6 Å². The van der Waals surface area contributed by atoms with Gasteiger partial charge in [0.1, 0.15) is 24.2 Å². The van der Waals surface area contributed by atoms with E-state index < -0.39 is 96.1 Å². The van der Waals surface area contributed by atoms with Gasteiger partial charge in [-0.1, -0.05) is 104 Å². The first-order valence-corrected chi connectivity index (χ1v) is 29.2. The van der Waals surface area contributed by atoms with Crippen LogP contribution < -0.4 is 0 Å². The van der Waals surface area contributed by atoms with Crippen LogP contribution in [-0.4, -0.2) is 153 Å². The normalized spacial score (nSPS) is 23.2. The molecule has 0 spiro atoms. The van der Waals surface area contributed by atoms with Gasteiger partial charge in [-0.3, -0.25) is 19.2 Å². The quantitative estimate of drug-likeness (QED) is 0.0775. The van der Waals surface area contributed by atoms with Crippen LogP contribution in [0.25, 0.3) is 0 Å². The van der Waals surface area contributed by atoms with Crippen molar-refractivity contribution in [3.63, 3.8) is 0 Å². The van der Waals surface area contributed by atoms with Crippen molar-refractivity contribution in [3.05, 3.63) is 105 Å². The van der Waals surface area contributed by atoms with Crippen molar-refractivity contribution in [1.82, 2.24) is 28.3 Å². The summed E-state index contributed by atoms with van der Waals surface area (Å²) in [5.41, 5.74) is 5.31. The largest absolute Gasteiger partial charge is 0.451 e. The van der Waals surface area contributed by atoms with E-state index in [9.17, 15) is 38.4 Å². The van der Waals surface area contributed by atoms with Crippen LogP contribution in [0.1, 0.15) is 128 Å². The van der Waals surface area contributed by atoms with Gasteiger partial charge in [-0.05, 0) is 132 Å². The molecule has 1 fully saturated rings. The summed E-state index contributed by atoms with van der Waals surface area (Å²) in [6, 6.07) is 9.83. The number of carbonyl (C=O) groups is 8. The molecule has 1 aliphatic heterocycles. The lowest BCUT2D eigenvalue weighted by atomic mass is 9.99. The number of amides is 4. The molecule has 80 heavy (non-hydrogen) atoms. The fourth-order valence-corrected chi connectivity index (χ4v) is 10.7. The number of esters is 4. The number of aromatic nitrogens is 2. The molecule has 0 aliphatic carbocycles. The lowest BCUT2D eigenvalue weighted by Gasteiger charge is -2.35. The first kappa shape index (κ1) is 64.3. The SMILES string of the molecule is CC(C)C[C@H]1C(=O)O[C@H](Cc2ccc(Cc3cnsc3)cc2)C(=O)N(C)[C@@H](CC(C)C)C(=O)O[C@H](C)C(=O)N(C)[C@@H](CC(C)C)C(=O)O[C@H](Cc2ccc(Cc3cnsc3)cc2)C(=O)N(C)[C@@H](CC(C)C)C(=O)O[C@H](C)C(=O)N1C. The molecule has 0 N–H and O–H groups in total. The van der Waals surface area contributed by atoms with Gasteiger partial charge in [0.05, 0.1) is 0 Å². The van der Waals surface area contributed by atoms with Gasteiger partial charge in [0.2, 0.25) is 0 Å². The van der Waals surface area contributed by atoms with Crippen molar-refractivity contribution in [2.75, 3.05) is 28.2 Å².